The summed E-state index contributed by atoms with van der Waals surface area (Å²) in [5.41, 5.74) is 7.36. The fourth-order valence-corrected chi connectivity index (χ4v) is 13.0. The monoisotopic (exact) mass is 647 g/mol. The Morgan fingerprint density at radius 2 is 1.00 bits per heavy atom. The number of para-hydroxylation sites is 2. The summed E-state index contributed by atoms with van der Waals surface area (Å²) in [5, 5.41) is 0. The third-order valence-electron chi connectivity index (χ3n) is 6.53. The molecule has 6 rings (SSSR count). The van der Waals surface area contributed by atoms with Crippen LogP contribution in [0.15, 0.2) is 122 Å². The molecule has 0 saturated carbocycles. The summed E-state index contributed by atoms with van der Waals surface area (Å²) in [6, 6.07) is 38.4. The zero-order valence-corrected chi connectivity index (χ0v) is 22.1. The molecule has 0 N–H and O–H groups in total. The van der Waals surface area contributed by atoms with Crippen LogP contribution in [0.3, 0.4) is 0 Å². The van der Waals surface area contributed by atoms with E-state index in [0.717, 1.165) is 11.4 Å². The predicted octanol–water partition coefficient (Wildman–Crippen LogP) is 7.51. The first-order valence-corrected chi connectivity index (χ1v) is 16.4. The van der Waals surface area contributed by atoms with Crippen molar-refractivity contribution in [1.29, 1.82) is 0 Å². The maximum atomic E-state index is 12.3. The normalized spacial score (nSPS) is 18.4. The molecule has 179 valence electrons. The Morgan fingerprint density at radius 1 is 0.583 bits per heavy atom. The molecule has 2 aliphatic rings. The van der Waals surface area contributed by atoms with Gasteiger partial charge in [0.05, 0.1) is 0 Å². The topological polar surface area (TPSA) is 23.6 Å². The summed E-state index contributed by atoms with van der Waals surface area (Å²) in [5.74, 6) is 0. The van der Waals surface area contributed by atoms with E-state index in [1.807, 2.05) is 0 Å². The Bertz CT molecular complexity index is 1310. The first-order valence-electron chi connectivity index (χ1n) is 12.0. The van der Waals surface area contributed by atoms with Gasteiger partial charge >= 0.3 is 219 Å². The van der Waals surface area contributed by atoms with Gasteiger partial charge in [-0.15, -0.1) is 0 Å². The molecule has 0 aliphatic carbocycles. The zero-order valence-electron chi connectivity index (χ0n) is 19.7. The van der Waals surface area contributed by atoms with Crippen molar-refractivity contribution in [1.82, 2.24) is 0 Å². The van der Waals surface area contributed by atoms with Gasteiger partial charge in [-0.3, -0.25) is 0 Å². The van der Waals surface area contributed by atoms with Crippen LogP contribution in [0.2, 0.25) is 4.93 Å². The molecule has 0 aromatic heterocycles. The summed E-state index contributed by atoms with van der Waals surface area (Å²) in [6.45, 7) is 0. The van der Waals surface area contributed by atoms with E-state index in [2.05, 4.69) is 150 Å². The van der Waals surface area contributed by atoms with Crippen LogP contribution in [0.5, 0.6) is 0 Å². The van der Waals surface area contributed by atoms with Crippen LogP contribution >= 0.6 is 0 Å². The van der Waals surface area contributed by atoms with Crippen molar-refractivity contribution in [2.75, 3.05) is 9.80 Å². The van der Waals surface area contributed by atoms with Crippen molar-refractivity contribution < 1.29 is 21.3 Å². The standard InChI is InChI=1S/2C15H12N.C2H2O.Ir/c2*1-2-8-15(9-3-1)16-11-10-13-6-4-5-7-14(13)12-16;1-2-3;/h2*1-12H;1H2;. The number of anilines is 2. The molecule has 0 saturated heterocycles. The van der Waals surface area contributed by atoms with Gasteiger partial charge in [-0.05, 0) is 0 Å². The first-order chi connectivity index (χ1) is 17.8. The van der Waals surface area contributed by atoms with Gasteiger partial charge in [0.2, 0.25) is 0 Å². The van der Waals surface area contributed by atoms with Crippen molar-refractivity contribution >= 4 is 29.8 Å². The number of rotatable bonds is 6. The molecular formula is C32H26IrN2O. The quantitative estimate of drug-likeness (QED) is 0.217. The summed E-state index contributed by atoms with van der Waals surface area (Å²) in [4.78, 5) is 17.5. The zero-order chi connectivity index (χ0) is 24.3. The molecular weight excluding hydrogens is 621 g/mol. The number of fused-ring (bicyclic) bond motifs is 2. The van der Waals surface area contributed by atoms with Crippen molar-refractivity contribution in [2.45, 2.75) is 14.0 Å². The summed E-state index contributed by atoms with van der Waals surface area (Å²) >= 11 is -2.39. The minimum atomic E-state index is -2.39. The molecule has 36 heavy (non-hydrogen) atoms. The Labute approximate surface area is 218 Å². The van der Waals surface area contributed by atoms with E-state index in [1.165, 1.54) is 22.3 Å². The van der Waals surface area contributed by atoms with Crippen molar-refractivity contribution in [3.05, 3.63) is 144 Å². The van der Waals surface area contributed by atoms with E-state index in [1.54, 1.807) is 0 Å². The van der Waals surface area contributed by atoms with E-state index in [0.29, 0.717) is 4.93 Å². The number of carbonyl (C=O) groups excluding carboxylic acids is 1. The third kappa shape index (κ3) is 4.13. The Morgan fingerprint density at radius 3 is 1.44 bits per heavy atom. The Kier molecular flexibility index (Phi) is 6.38. The molecule has 1 radical (unpaired) electrons. The molecule has 0 bridgehead atoms. The first kappa shape index (κ1) is 22.7. The van der Waals surface area contributed by atoms with Gasteiger partial charge in [-0.25, -0.2) is 0 Å². The van der Waals surface area contributed by atoms with Gasteiger partial charge in [0.25, 0.3) is 0 Å². The molecule has 3 nitrogen and oxygen atoms in total. The Balaban J connectivity index is 1.56. The van der Waals surface area contributed by atoms with Crippen LogP contribution in [0.25, 0.3) is 12.2 Å². The minimum absolute atomic E-state index is 0.116. The van der Waals surface area contributed by atoms with Gasteiger partial charge in [0, 0.05) is 0 Å². The van der Waals surface area contributed by atoms with Crippen LogP contribution in [-0.4, -0.2) is 6.29 Å². The molecule has 4 heteroatoms. The van der Waals surface area contributed by atoms with Crippen molar-refractivity contribution in [3.63, 3.8) is 0 Å². The number of hydrogen-bond donors (Lipinski definition) is 0. The average molecular weight is 647 g/mol. The second-order valence-corrected chi connectivity index (χ2v) is 14.9. The van der Waals surface area contributed by atoms with Crippen LogP contribution in [0, 0.1) is 0 Å². The summed E-state index contributed by atoms with van der Waals surface area (Å²) in [7, 11) is 0. The van der Waals surface area contributed by atoms with E-state index in [9.17, 15) is 4.79 Å². The molecule has 2 aliphatic heterocycles. The van der Waals surface area contributed by atoms with Gasteiger partial charge < -0.3 is 0 Å². The van der Waals surface area contributed by atoms with E-state index < -0.39 is 16.5 Å². The summed E-state index contributed by atoms with van der Waals surface area (Å²) in [6.07, 6.45) is 11.2. The number of hydrogen-bond acceptors (Lipinski definition) is 3. The van der Waals surface area contributed by atoms with Gasteiger partial charge in [-0.2, -0.15) is 0 Å². The third-order valence-corrected chi connectivity index (χ3v) is 14.0. The maximum absolute atomic E-state index is 12.3. The molecule has 2 atom stereocenters. The molecule has 0 fully saturated rings. The summed E-state index contributed by atoms with van der Waals surface area (Å²) < 4.78 is 0.233. The SMILES string of the molecule is O=[C][CH2][Ir]([CH]1c2ccccc2C=CN1c1ccccc1)[CH]1c2ccccc2C=CN1c1ccccc1. The number of benzene rings is 4. The van der Waals surface area contributed by atoms with Crippen molar-refractivity contribution in [2.24, 2.45) is 0 Å². The molecule has 4 aromatic carbocycles. The fraction of sp³-hybridized carbons (Fsp3) is 0.0938. The van der Waals surface area contributed by atoms with Gasteiger partial charge in [0.1, 0.15) is 0 Å². The molecule has 2 unspecified atom stereocenters. The molecule has 0 spiro atoms. The van der Waals surface area contributed by atoms with Crippen LogP contribution in [0.1, 0.15) is 31.4 Å². The number of nitrogens with zero attached hydrogens (tertiary/aromatic N) is 2. The van der Waals surface area contributed by atoms with Gasteiger partial charge in [0.15, 0.2) is 0 Å². The van der Waals surface area contributed by atoms with Gasteiger partial charge in [-0.1, -0.05) is 0 Å². The predicted molar refractivity (Wildman–Crippen MR) is 145 cm³/mol. The molecule has 4 aromatic rings. The van der Waals surface area contributed by atoms with Crippen LogP contribution < -0.4 is 9.80 Å². The van der Waals surface area contributed by atoms with Crippen LogP contribution in [0.4, 0.5) is 11.4 Å². The van der Waals surface area contributed by atoms with Crippen molar-refractivity contribution in [3.8, 4) is 0 Å². The average Bonchev–Trinajstić information content (AvgIpc) is 2.96. The van der Waals surface area contributed by atoms with E-state index >= 15 is 0 Å². The molecule has 2 heterocycles. The van der Waals surface area contributed by atoms with E-state index in [4.69, 9.17) is 0 Å². The second kappa shape index (κ2) is 10.1. The molecule has 0 amide bonds. The fourth-order valence-electron chi connectivity index (χ4n) is 4.91. The van der Waals surface area contributed by atoms with Crippen LogP contribution in [-0.2, 0) is 21.3 Å². The second-order valence-electron chi connectivity index (χ2n) is 8.64. The van der Waals surface area contributed by atoms with E-state index in [-0.39, 0.29) is 9.11 Å². The Hall–Kier alpha value is -3.72.